The fourth-order valence-electron chi connectivity index (χ4n) is 3.08. The SMILES string of the molecule is c1cc(N2CCCCC2)ncc1-c1noc(CC2OCCCO2)n1. The van der Waals surface area contributed by atoms with E-state index in [1.165, 1.54) is 19.3 Å². The lowest BCUT2D eigenvalue weighted by atomic mass is 10.1. The molecule has 2 saturated heterocycles. The maximum absolute atomic E-state index is 5.51. The van der Waals surface area contributed by atoms with Crippen molar-refractivity contribution >= 4 is 5.82 Å². The van der Waals surface area contributed by atoms with Crippen LogP contribution in [0.1, 0.15) is 31.6 Å². The number of nitrogens with zero attached hydrogens (tertiary/aromatic N) is 4. The summed E-state index contributed by atoms with van der Waals surface area (Å²) >= 11 is 0. The highest BCUT2D eigenvalue weighted by Crippen LogP contribution is 2.21. The summed E-state index contributed by atoms with van der Waals surface area (Å²) in [6.45, 7) is 3.60. The third-order valence-corrected chi connectivity index (χ3v) is 4.39. The van der Waals surface area contributed by atoms with Gasteiger partial charge >= 0.3 is 0 Å². The van der Waals surface area contributed by atoms with Gasteiger partial charge in [-0.15, -0.1) is 0 Å². The number of hydrogen-bond acceptors (Lipinski definition) is 7. The van der Waals surface area contributed by atoms with Gasteiger partial charge in [-0.05, 0) is 37.8 Å². The Morgan fingerprint density at radius 3 is 2.62 bits per heavy atom. The van der Waals surface area contributed by atoms with E-state index in [4.69, 9.17) is 14.0 Å². The smallest absolute Gasteiger partial charge is 0.232 e. The average molecular weight is 330 g/mol. The fraction of sp³-hybridized carbons (Fsp3) is 0.588. The Kier molecular flexibility index (Phi) is 4.71. The molecule has 0 aromatic carbocycles. The first kappa shape index (κ1) is 15.5. The summed E-state index contributed by atoms with van der Waals surface area (Å²) in [5.74, 6) is 2.10. The number of ether oxygens (including phenoxy) is 2. The third-order valence-electron chi connectivity index (χ3n) is 4.39. The molecule has 0 aliphatic carbocycles. The molecule has 0 amide bonds. The Morgan fingerprint density at radius 1 is 1.04 bits per heavy atom. The van der Waals surface area contributed by atoms with Crippen molar-refractivity contribution in [3.8, 4) is 11.4 Å². The predicted molar refractivity (Wildman–Crippen MR) is 87.6 cm³/mol. The highest BCUT2D eigenvalue weighted by Gasteiger charge is 2.19. The van der Waals surface area contributed by atoms with Crippen LogP contribution >= 0.6 is 0 Å². The summed E-state index contributed by atoms with van der Waals surface area (Å²) in [5.41, 5.74) is 0.858. The van der Waals surface area contributed by atoms with E-state index in [9.17, 15) is 0 Å². The van der Waals surface area contributed by atoms with Gasteiger partial charge in [0.25, 0.3) is 0 Å². The van der Waals surface area contributed by atoms with Gasteiger partial charge < -0.3 is 18.9 Å². The van der Waals surface area contributed by atoms with E-state index >= 15 is 0 Å². The highest BCUT2D eigenvalue weighted by molar-refractivity contribution is 5.55. The van der Waals surface area contributed by atoms with Crippen molar-refractivity contribution in [2.24, 2.45) is 0 Å². The molecule has 2 aliphatic rings. The van der Waals surface area contributed by atoms with E-state index in [0.717, 1.165) is 30.9 Å². The van der Waals surface area contributed by atoms with Crippen LogP contribution in [0, 0.1) is 0 Å². The highest BCUT2D eigenvalue weighted by atomic mass is 16.7. The van der Waals surface area contributed by atoms with Gasteiger partial charge in [0.05, 0.1) is 19.6 Å². The molecule has 2 aromatic heterocycles. The molecule has 2 aromatic rings. The van der Waals surface area contributed by atoms with Crippen LogP contribution in [-0.2, 0) is 15.9 Å². The van der Waals surface area contributed by atoms with Crippen LogP contribution < -0.4 is 4.90 Å². The molecule has 128 valence electrons. The first-order valence-corrected chi connectivity index (χ1v) is 8.66. The largest absolute Gasteiger partial charge is 0.357 e. The molecule has 0 bridgehead atoms. The third kappa shape index (κ3) is 3.57. The van der Waals surface area contributed by atoms with Crippen LogP contribution in [0.3, 0.4) is 0 Å². The van der Waals surface area contributed by atoms with E-state index in [2.05, 4.69) is 20.0 Å². The van der Waals surface area contributed by atoms with E-state index in [1.54, 1.807) is 0 Å². The van der Waals surface area contributed by atoms with Crippen LogP contribution in [0.25, 0.3) is 11.4 Å². The summed E-state index contributed by atoms with van der Waals surface area (Å²) < 4.78 is 16.3. The summed E-state index contributed by atoms with van der Waals surface area (Å²) in [4.78, 5) is 11.3. The van der Waals surface area contributed by atoms with Crippen molar-refractivity contribution in [3.63, 3.8) is 0 Å². The second-order valence-corrected chi connectivity index (χ2v) is 6.19. The first-order valence-electron chi connectivity index (χ1n) is 8.66. The first-order chi connectivity index (χ1) is 11.9. The van der Waals surface area contributed by atoms with Gasteiger partial charge in [-0.2, -0.15) is 4.98 Å². The van der Waals surface area contributed by atoms with Crippen LogP contribution in [0.5, 0.6) is 0 Å². The molecule has 4 heterocycles. The van der Waals surface area contributed by atoms with Gasteiger partial charge in [0.15, 0.2) is 6.29 Å². The number of pyridine rings is 1. The van der Waals surface area contributed by atoms with Crippen molar-refractivity contribution in [3.05, 3.63) is 24.2 Å². The summed E-state index contributed by atoms with van der Waals surface area (Å²) in [6.07, 6.45) is 6.73. The Balaban J connectivity index is 1.42. The summed E-state index contributed by atoms with van der Waals surface area (Å²) in [6, 6.07) is 4.03. The van der Waals surface area contributed by atoms with E-state index in [-0.39, 0.29) is 6.29 Å². The number of rotatable bonds is 4. The van der Waals surface area contributed by atoms with E-state index in [0.29, 0.717) is 31.3 Å². The Labute approximate surface area is 141 Å². The van der Waals surface area contributed by atoms with E-state index in [1.807, 2.05) is 18.3 Å². The standard InChI is InChI=1S/C17H22N4O3/c1-2-7-21(8-3-1)14-6-5-13(12-18-14)17-19-15(24-20-17)11-16-22-9-4-10-23-16/h5-6,12,16H,1-4,7-11H2. The summed E-state index contributed by atoms with van der Waals surface area (Å²) in [7, 11) is 0. The molecule has 0 saturated carbocycles. The minimum atomic E-state index is -0.286. The molecular weight excluding hydrogens is 308 g/mol. The Bertz CT molecular complexity index is 646. The lowest BCUT2D eigenvalue weighted by Gasteiger charge is -2.27. The zero-order valence-electron chi connectivity index (χ0n) is 13.7. The van der Waals surface area contributed by atoms with Crippen molar-refractivity contribution in [1.82, 2.24) is 15.1 Å². The van der Waals surface area contributed by atoms with Crippen LogP contribution in [0.4, 0.5) is 5.82 Å². The van der Waals surface area contributed by atoms with Crippen molar-refractivity contribution < 1.29 is 14.0 Å². The molecule has 2 fully saturated rings. The van der Waals surface area contributed by atoms with Crippen LogP contribution in [-0.4, -0.2) is 47.7 Å². The lowest BCUT2D eigenvalue weighted by molar-refractivity contribution is -0.179. The molecule has 0 atom stereocenters. The second kappa shape index (κ2) is 7.27. The van der Waals surface area contributed by atoms with Gasteiger partial charge in [0.2, 0.25) is 11.7 Å². The monoisotopic (exact) mass is 330 g/mol. The van der Waals surface area contributed by atoms with Gasteiger partial charge in [0.1, 0.15) is 5.82 Å². The van der Waals surface area contributed by atoms with Crippen molar-refractivity contribution in [2.45, 2.75) is 38.4 Å². The lowest BCUT2D eigenvalue weighted by Crippen LogP contribution is -2.29. The second-order valence-electron chi connectivity index (χ2n) is 6.19. The molecule has 4 rings (SSSR count). The number of anilines is 1. The molecule has 2 aliphatic heterocycles. The number of piperidine rings is 1. The van der Waals surface area contributed by atoms with Gasteiger partial charge in [-0.25, -0.2) is 4.98 Å². The molecule has 0 spiro atoms. The Hall–Kier alpha value is -1.99. The molecule has 24 heavy (non-hydrogen) atoms. The molecular formula is C17H22N4O3. The van der Waals surface area contributed by atoms with Crippen LogP contribution in [0.15, 0.2) is 22.9 Å². The van der Waals surface area contributed by atoms with E-state index < -0.39 is 0 Å². The normalized spacial score (nSPS) is 19.6. The zero-order chi connectivity index (χ0) is 16.2. The zero-order valence-corrected chi connectivity index (χ0v) is 13.7. The topological polar surface area (TPSA) is 73.5 Å². The van der Waals surface area contributed by atoms with Gasteiger partial charge in [0, 0.05) is 24.8 Å². The number of aromatic nitrogens is 3. The molecule has 7 heteroatoms. The minimum Gasteiger partial charge on any atom is -0.357 e. The van der Waals surface area contributed by atoms with Crippen molar-refractivity contribution in [1.29, 1.82) is 0 Å². The summed E-state index contributed by atoms with van der Waals surface area (Å²) in [5, 5.41) is 4.04. The van der Waals surface area contributed by atoms with Gasteiger partial charge in [-0.1, -0.05) is 5.16 Å². The maximum Gasteiger partial charge on any atom is 0.232 e. The average Bonchev–Trinajstić information content (AvgIpc) is 3.12. The maximum atomic E-state index is 5.51. The van der Waals surface area contributed by atoms with Gasteiger partial charge in [-0.3, -0.25) is 0 Å². The number of hydrogen-bond donors (Lipinski definition) is 0. The fourth-order valence-corrected chi connectivity index (χ4v) is 3.08. The quantitative estimate of drug-likeness (QED) is 0.852. The molecule has 0 unspecified atom stereocenters. The van der Waals surface area contributed by atoms with Crippen molar-refractivity contribution in [2.75, 3.05) is 31.2 Å². The predicted octanol–water partition coefficient (Wildman–Crippen LogP) is 2.43. The minimum absolute atomic E-state index is 0.286. The molecule has 7 nitrogen and oxygen atoms in total. The Morgan fingerprint density at radius 2 is 1.88 bits per heavy atom. The molecule has 0 N–H and O–H groups in total. The molecule has 0 radical (unpaired) electrons. The van der Waals surface area contributed by atoms with Crippen LogP contribution in [0.2, 0.25) is 0 Å².